The number of amides is 1. The van der Waals surface area contributed by atoms with Crippen LogP contribution in [-0.4, -0.2) is 36.9 Å². The van der Waals surface area contributed by atoms with E-state index < -0.39 is 28.0 Å². The van der Waals surface area contributed by atoms with Gasteiger partial charge in [-0.1, -0.05) is 6.07 Å². The number of rotatable bonds is 5. The number of carbonyl (C=O) groups excluding carboxylic acids is 1. The lowest BCUT2D eigenvalue weighted by Gasteiger charge is -2.21. The number of primary amides is 1. The van der Waals surface area contributed by atoms with Crippen LogP contribution in [0.3, 0.4) is 0 Å². The zero-order valence-electron chi connectivity index (χ0n) is 15.8. The highest BCUT2D eigenvalue weighted by molar-refractivity contribution is 7.89. The number of fused-ring (bicyclic) bond motifs is 2. The predicted molar refractivity (Wildman–Crippen MR) is 108 cm³/mol. The molecule has 2 atom stereocenters. The Kier molecular flexibility index (Phi) is 4.76. The Labute approximate surface area is 168 Å². The summed E-state index contributed by atoms with van der Waals surface area (Å²) in [6, 6.07) is 3.86. The predicted octanol–water partition coefficient (Wildman–Crippen LogP) is 1.93. The largest absolute Gasteiger partial charge is 0.368 e. The minimum atomic E-state index is -3.68. The standard InChI is InChI=1S/C20H21FN4O3S/c1-11-15-8-12(16-10-24-18-9-13(21)3-4-14(16)18)2-5-19(15)29(27,28)25(11)7-6-17(22)20(23)26/h2-5,8,10-11,17H,6-7,9,22H2,1H3,(H2,23,26). The molecule has 152 valence electrons. The molecule has 2 aliphatic heterocycles. The third-order valence-corrected chi connectivity index (χ3v) is 7.58. The molecule has 0 radical (unpaired) electrons. The van der Waals surface area contributed by atoms with Crippen molar-refractivity contribution in [2.24, 2.45) is 16.5 Å². The lowest BCUT2D eigenvalue weighted by molar-refractivity contribution is -0.119. The average molecular weight is 416 g/mol. The lowest BCUT2D eigenvalue weighted by Crippen LogP contribution is -2.40. The van der Waals surface area contributed by atoms with Gasteiger partial charge in [-0.2, -0.15) is 4.31 Å². The van der Waals surface area contributed by atoms with Gasteiger partial charge in [0.1, 0.15) is 5.83 Å². The van der Waals surface area contributed by atoms with Crippen molar-refractivity contribution in [3.63, 3.8) is 0 Å². The summed E-state index contributed by atoms with van der Waals surface area (Å²) >= 11 is 0. The molecule has 0 fully saturated rings. The third kappa shape index (κ3) is 3.25. The molecule has 7 nitrogen and oxygen atoms in total. The summed E-state index contributed by atoms with van der Waals surface area (Å²) < 4.78 is 40.7. The highest BCUT2D eigenvalue weighted by Crippen LogP contribution is 2.42. The molecule has 3 aliphatic rings. The molecule has 1 aliphatic carbocycles. The van der Waals surface area contributed by atoms with E-state index in [1.165, 1.54) is 10.4 Å². The summed E-state index contributed by atoms with van der Waals surface area (Å²) in [5.74, 6) is -0.898. The number of sulfonamides is 1. The first-order valence-electron chi connectivity index (χ1n) is 9.25. The van der Waals surface area contributed by atoms with E-state index >= 15 is 0 Å². The van der Waals surface area contributed by atoms with Gasteiger partial charge >= 0.3 is 0 Å². The Morgan fingerprint density at radius 2 is 2.10 bits per heavy atom. The van der Waals surface area contributed by atoms with Crippen LogP contribution >= 0.6 is 0 Å². The van der Waals surface area contributed by atoms with Crippen molar-refractivity contribution in [2.75, 3.05) is 6.54 Å². The number of hydrogen-bond donors (Lipinski definition) is 2. The Morgan fingerprint density at radius 3 is 2.83 bits per heavy atom. The monoisotopic (exact) mass is 416 g/mol. The number of carbonyl (C=O) groups is 1. The fraction of sp³-hybridized carbons (Fsp3) is 0.300. The highest BCUT2D eigenvalue weighted by Gasteiger charge is 2.40. The van der Waals surface area contributed by atoms with Crippen LogP contribution in [0.1, 0.15) is 36.9 Å². The van der Waals surface area contributed by atoms with Crippen LogP contribution < -0.4 is 11.5 Å². The van der Waals surface area contributed by atoms with Gasteiger partial charge in [0.2, 0.25) is 15.9 Å². The quantitative estimate of drug-likeness (QED) is 0.762. The van der Waals surface area contributed by atoms with E-state index in [0.29, 0.717) is 11.3 Å². The summed E-state index contributed by atoms with van der Waals surface area (Å²) in [5.41, 5.74) is 14.7. The van der Waals surface area contributed by atoms with Gasteiger partial charge in [-0.25, -0.2) is 12.8 Å². The first-order chi connectivity index (χ1) is 13.7. The molecule has 4 rings (SSSR count). The van der Waals surface area contributed by atoms with Gasteiger partial charge in [-0.3, -0.25) is 9.79 Å². The number of nitrogens with two attached hydrogens (primary N) is 2. The van der Waals surface area contributed by atoms with Gasteiger partial charge < -0.3 is 11.5 Å². The number of aliphatic imine (C=N–C) groups is 1. The van der Waals surface area contributed by atoms with E-state index in [1.54, 1.807) is 31.3 Å². The first-order valence-corrected chi connectivity index (χ1v) is 10.7. The van der Waals surface area contributed by atoms with Crippen LogP contribution in [0.5, 0.6) is 0 Å². The van der Waals surface area contributed by atoms with Crippen LogP contribution in [0.4, 0.5) is 4.39 Å². The number of halogens is 1. The molecule has 1 amide bonds. The van der Waals surface area contributed by atoms with Crippen LogP contribution in [0, 0.1) is 0 Å². The van der Waals surface area contributed by atoms with Crippen molar-refractivity contribution < 1.29 is 17.6 Å². The molecule has 2 unspecified atom stereocenters. The van der Waals surface area contributed by atoms with Crippen molar-refractivity contribution in [3.8, 4) is 0 Å². The van der Waals surface area contributed by atoms with Gasteiger partial charge in [0.05, 0.1) is 16.6 Å². The molecule has 2 heterocycles. The number of hydrogen-bond acceptors (Lipinski definition) is 5. The van der Waals surface area contributed by atoms with Gasteiger partial charge in [0.15, 0.2) is 0 Å². The van der Waals surface area contributed by atoms with Crippen molar-refractivity contribution in [1.29, 1.82) is 0 Å². The molecule has 0 bridgehead atoms. The van der Waals surface area contributed by atoms with Crippen LogP contribution in [0.2, 0.25) is 0 Å². The summed E-state index contributed by atoms with van der Waals surface area (Å²) in [6.07, 6.45) is 5.12. The van der Waals surface area contributed by atoms with Gasteiger partial charge in [-0.15, -0.1) is 0 Å². The first kappa shape index (κ1) is 19.7. The van der Waals surface area contributed by atoms with E-state index in [0.717, 1.165) is 16.7 Å². The van der Waals surface area contributed by atoms with Gasteiger partial charge in [-0.05, 0) is 48.8 Å². The number of allylic oxidation sites excluding steroid dienone is 5. The molecule has 1 aromatic rings. The minimum absolute atomic E-state index is 0.100. The number of nitrogens with zero attached hydrogens (tertiary/aromatic N) is 2. The maximum atomic E-state index is 13.5. The molecular formula is C20H21FN4O3S. The molecule has 0 spiro atoms. The molecule has 0 saturated carbocycles. The molecule has 1 aromatic carbocycles. The molecule has 9 heteroatoms. The second-order valence-electron chi connectivity index (χ2n) is 7.33. The fourth-order valence-corrected chi connectivity index (χ4v) is 5.77. The van der Waals surface area contributed by atoms with Crippen molar-refractivity contribution in [2.45, 2.75) is 36.7 Å². The SMILES string of the molecule is CC1c2cc(C3=CN=C4CC(F)=CC=C34)ccc2S(=O)(=O)N1CCC(N)C(N)=O. The van der Waals surface area contributed by atoms with E-state index in [9.17, 15) is 17.6 Å². The Balaban J connectivity index is 1.64. The normalized spacial score (nSPS) is 23.5. The van der Waals surface area contributed by atoms with Crippen LogP contribution in [0.15, 0.2) is 57.8 Å². The van der Waals surface area contributed by atoms with Crippen molar-refractivity contribution in [3.05, 3.63) is 59.1 Å². The van der Waals surface area contributed by atoms with Crippen LogP contribution in [0.25, 0.3) is 5.57 Å². The summed E-state index contributed by atoms with van der Waals surface area (Å²) in [6.45, 7) is 1.90. The van der Waals surface area contributed by atoms with Crippen molar-refractivity contribution in [1.82, 2.24) is 4.31 Å². The van der Waals surface area contributed by atoms with E-state index in [2.05, 4.69) is 4.99 Å². The maximum Gasteiger partial charge on any atom is 0.243 e. The van der Waals surface area contributed by atoms with E-state index in [-0.39, 0.29) is 30.1 Å². The second-order valence-corrected chi connectivity index (χ2v) is 9.19. The lowest BCUT2D eigenvalue weighted by atomic mass is 9.91. The average Bonchev–Trinajstić information content (AvgIpc) is 3.17. The summed E-state index contributed by atoms with van der Waals surface area (Å²) in [5, 5.41) is 0. The van der Waals surface area contributed by atoms with Crippen LogP contribution in [-0.2, 0) is 14.8 Å². The molecular weight excluding hydrogens is 395 g/mol. The maximum absolute atomic E-state index is 13.5. The smallest absolute Gasteiger partial charge is 0.243 e. The van der Waals surface area contributed by atoms with Gasteiger partial charge in [0.25, 0.3) is 0 Å². The Morgan fingerprint density at radius 1 is 1.34 bits per heavy atom. The zero-order chi connectivity index (χ0) is 20.9. The van der Waals surface area contributed by atoms with Gasteiger partial charge in [0, 0.05) is 36.4 Å². The molecule has 29 heavy (non-hydrogen) atoms. The Hall–Kier alpha value is -2.62. The number of benzene rings is 1. The molecule has 0 aromatic heterocycles. The summed E-state index contributed by atoms with van der Waals surface area (Å²) in [7, 11) is -3.68. The van der Waals surface area contributed by atoms with E-state index in [1.807, 2.05) is 6.07 Å². The fourth-order valence-electron chi connectivity index (χ4n) is 3.88. The molecule has 0 saturated heterocycles. The summed E-state index contributed by atoms with van der Waals surface area (Å²) in [4.78, 5) is 15.7. The third-order valence-electron chi connectivity index (χ3n) is 5.53. The second kappa shape index (κ2) is 7.01. The molecule has 4 N–H and O–H groups in total. The topological polar surface area (TPSA) is 119 Å². The highest BCUT2D eigenvalue weighted by atomic mass is 32.2. The minimum Gasteiger partial charge on any atom is -0.368 e. The van der Waals surface area contributed by atoms with E-state index in [4.69, 9.17) is 11.5 Å². The zero-order valence-corrected chi connectivity index (χ0v) is 16.6. The Bertz CT molecular complexity index is 1130. The van der Waals surface area contributed by atoms with Crippen molar-refractivity contribution >= 4 is 27.2 Å².